The average Bonchev–Trinajstić information content (AvgIpc) is 3.12. The number of ether oxygens (including phenoxy) is 2. The fraction of sp³-hybridized carbons (Fsp3) is 0.562. The maximum absolute atomic E-state index is 5.45. The highest BCUT2D eigenvalue weighted by atomic mass is 16.5. The highest BCUT2D eigenvalue weighted by Gasteiger charge is 2.21. The highest BCUT2D eigenvalue weighted by Crippen LogP contribution is 2.27. The van der Waals surface area contributed by atoms with Crippen LogP contribution in [0.4, 0.5) is 5.82 Å². The molecule has 2 aromatic heterocycles. The number of rotatable bonds is 4. The molecular formula is C16H21N5O3. The molecule has 0 aromatic carbocycles. The normalized spacial score (nSPS) is 19.6. The van der Waals surface area contributed by atoms with Crippen molar-refractivity contribution in [1.82, 2.24) is 20.0 Å². The smallest absolute Gasteiger partial charge is 0.241 e. The number of morpholine rings is 2. The van der Waals surface area contributed by atoms with E-state index in [0.29, 0.717) is 31.5 Å². The number of hydrogen-bond donors (Lipinski definition) is 0. The van der Waals surface area contributed by atoms with Gasteiger partial charge in [0.15, 0.2) is 0 Å². The van der Waals surface area contributed by atoms with Crippen molar-refractivity contribution in [3.63, 3.8) is 0 Å². The molecule has 8 heteroatoms. The summed E-state index contributed by atoms with van der Waals surface area (Å²) in [7, 11) is 0. The van der Waals surface area contributed by atoms with E-state index in [1.54, 1.807) is 6.20 Å². The van der Waals surface area contributed by atoms with E-state index < -0.39 is 0 Å². The minimum Gasteiger partial charge on any atom is -0.379 e. The zero-order valence-corrected chi connectivity index (χ0v) is 13.6. The molecule has 2 fully saturated rings. The minimum atomic E-state index is 0.591. The third-order valence-electron chi connectivity index (χ3n) is 4.27. The van der Waals surface area contributed by atoms with Gasteiger partial charge >= 0.3 is 0 Å². The first kappa shape index (κ1) is 15.5. The third kappa shape index (κ3) is 3.40. The molecule has 0 bridgehead atoms. The topological polar surface area (TPSA) is 76.8 Å². The molecule has 128 valence electrons. The van der Waals surface area contributed by atoms with E-state index in [2.05, 4.69) is 24.9 Å². The summed E-state index contributed by atoms with van der Waals surface area (Å²) < 4.78 is 16.2. The molecule has 2 aliphatic rings. The van der Waals surface area contributed by atoms with Crippen LogP contribution in [0, 0.1) is 0 Å². The maximum Gasteiger partial charge on any atom is 0.241 e. The lowest BCUT2D eigenvalue weighted by Gasteiger charge is -2.28. The number of nitrogens with zero attached hydrogens (tertiary/aromatic N) is 5. The van der Waals surface area contributed by atoms with Crippen molar-refractivity contribution in [2.24, 2.45) is 0 Å². The second-order valence-corrected chi connectivity index (χ2v) is 5.87. The Morgan fingerprint density at radius 1 is 1.00 bits per heavy atom. The molecule has 2 aromatic rings. The third-order valence-corrected chi connectivity index (χ3v) is 4.27. The number of pyridine rings is 1. The van der Waals surface area contributed by atoms with Crippen LogP contribution < -0.4 is 4.90 Å². The van der Waals surface area contributed by atoms with E-state index in [1.165, 1.54) is 0 Å². The molecule has 8 nitrogen and oxygen atoms in total. The van der Waals surface area contributed by atoms with E-state index >= 15 is 0 Å². The van der Waals surface area contributed by atoms with E-state index in [0.717, 1.165) is 50.8 Å². The molecule has 0 spiro atoms. The molecule has 0 atom stereocenters. The fourth-order valence-electron chi connectivity index (χ4n) is 2.98. The van der Waals surface area contributed by atoms with E-state index in [-0.39, 0.29) is 0 Å². The van der Waals surface area contributed by atoms with Gasteiger partial charge in [-0.05, 0) is 12.1 Å². The molecule has 4 rings (SSSR count). The first-order valence-corrected chi connectivity index (χ1v) is 8.31. The van der Waals surface area contributed by atoms with Gasteiger partial charge in [-0.15, -0.1) is 0 Å². The Kier molecular flexibility index (Phi) is 4.68. The first-order chi connectivity index (χ1) is 11.9. The van der Waals surface area contributed by atoms with Gasteiger partial charge in [-0.3, -0.25) is 4.90 Å². The summed E-state index contributed by atoms with van der Waals surface area (Å²) in [5.74, 6) is 2.11. The Hall–Kier alpha value is -2.03. The molecule has 0 N–H and O–H groups in total. The molecule has 24 heavy (non-hydrogen) atoms. The van der Waals surface area contributed by atoms with Gasteiger partial charge < -0.3 is 18.9 Å². The zero-order valence-electron chi connectivity index (χ0n) is 13.6. The fourth-order valence-corrected chi connectivity index (χ4v) is 2.98. The number of hydrogen-bond acceptors (Lipinski definition) is 8. The summed E-state index contributed by atoms with van der Waals surface area (Å²) in [6.07, 6.45) is 1.79. The quantitative estimate of drug-likeness (QED) is 0.814. The van der Waals surface area contributed by atoms with Crippen LogP contribution in [-0.2, 0) is 16.0 Å². The van der Waals surface area contributed by atoms with Crippen LogP contribution in [0.2, 0.25) is 0 Å². The summed E-state index contributed by atoms with van der Waals surface area (Å²) in [6, 6.07) is 3.89. The van der Waals surface area contributed by atoms with Gasteiger partial charge in [0.25, 0.3) is 0 Å². The lowest BCUT2D eigenvalue weighted by molar-refractivity contribution is 0.0297. The predicted octanol–water partition coefficient (Wildman–Crippen LogP) is 0.800. The molecule has 0 aliphatic carbocycles. The van der Waals surface area contributed by atoms with Crippen molar-refractivity contribution in [2.75, 3.05) is 57.5 Å². The van der Waals surface area contributed by atoms with Crippen LogP contribution in [0.1, 0.15) is 5.89 Å². The standard InChI is InChI=1S/C16H21N5O3/c1-2-13(16(17-3-1)21-6-10-23-11-7-21)15-18-14(24-19-15)12-20-4-8-22-9-5-20/h1-3H,4-12H2. The summed E-state index contributed by atoms with van der Waals surface area (Å²) in [4.78, 5) is 13.6. The van der Waals surface area contributed by atoms with Gasteiger partial charge in [0.2, 0.25) is 11.7 Å². The molecule has 4 heterocycles. The van der Waals surface area contributed by atoms with Gasteiger partial charge in [0.1, 0.15) is 5.82 Å². The maximum atomic E-state index is 5.45. The van der Waals surface area contributed by atoms with Gasteiger partial charge in [-0.1, -0.05) is 5.16 Å². The number of anilines is 1. The summed E-state index contributed by atoms with van der Waals surface area (Å²) >= 11 is 0. The van der Waals surface area contributed by atoms with Crippen molar-refractivity contribution in [1.29, 1.82) is 0 Å². The van der Waals surface area contributed by atoms with Gasteiger partial charge in [-0.25, -0.2) is 4.98 Å². The molecule has 0 radical (unpaired) electrons. The SMILES string of the molecule is c1cnc(N2CCOCC2)c(-c2noc(CN3CCOCC3)n2)c1. The highest BCUT2D eigenvalue weighted by molar-refractivity contribution is 5.70. The Labute approximate surface area is 140 Å². The zero-order chi connectivity index (χ0) is 16.2. The van der Waals surface area contributed by atoms with Gasteiger partial charge in [-0.2, -0.15) is 4.98 Å². The van der Waals surface area contributed by atoms with Crippen LogP contribution in [0.5, 0.6) is 0 Å². The monoisotopic (exact) mass is 331 g/mol. The second kappa shape index (κ2) is 7.25. The lowest BCUT2D eigenvalue weighted by Crippen LogP contribution is -2.37. The Bertz CT molecular complexity index is 665. The minimum absolute atomic E-state index is 0.591. The average molecular weight is 331 g/mol. The van der Waals surface area contributed by atoms with E-state index in [9.17, 15) is 0 Å². The van der Waals surface area contributed by atoms with Crippen LogP contribution in [-0.4, -0.2) is 72.6 Å². The van der Waals surface area contributed by atoms with E-state index in [4.69, 9.17) is 14.0 Å². The van der Waals surface area contributed by atoms with Gasteiger partial charge in [0, 0.05) is 32.4 Å². The molecule has 2 aliphatic heterocycles. The predicted molar refractivity (Wildman–Crippen MR) is 86.7 cm³/mol. The first-order valence-electron chi connectivity index (χ1n) is 8.31. The molecule has 2 saturated heterocycles. The van der Waals surface area contributed by atoms with Crippen molar-refractivity contribution in [3.05, 3.63) is 24.2 Å². The summed E-state index contributed by atoms with van der Waals surface area (Å²) in [5, 5.41) is 4.17. The van der Waals surface area contributed by atoms with Gasteiger partial charge in [0.05, 0.1) is 38.5 Å². The molecule has 0 amide bonds. The van der Waals surface area contributed by atoms with Crippen LogP contribution >= 0.6 is 0 Å². The Morgan fingerprint density at radius 3 is 2.54 bits per heavy atom. The largest absolute Gasteiger partial charge is 0.379 e. The van der Waals surface area contributed by atoms with E-state index in [1.807, 2.05) is 12.1 Å². The van der Waals surface area contributed by atoms with Crippen molar-refractivity contribution in [3.8, 4) is 11.4 Å². The molecule has 0 unspecified atom stereocenters. The summed E-state index contributed by atoms with van der Waals surface area (Å²) in [6.45, 7) is 7.02. The summed E-state index contributed by atoms with van der Waals surface area (Å²) in [5.41, 5.74) is 0.899. The molecule has 0 saturated carbocycles. The van der Waals surface area contributed by atoms with Crippen LogP contribution in [0.3, 0.4) is 0 Å². The van der Waals surface area contributed by atoms with Crippen molar-refractivity contribution < 1.29 is 14.0 Å². The molecular weight excluding hydrogens is 310 g/mol. The van der Waals surface area contributed by atoms with Crippen molar-refractivity contribution in [2.45, 2.75) is 6.54 Å². The number of aromatic nitrogens is 3. The Morgan fingerprint density at radius 2 is 1.75 bits per heavy atom. The second-order valence-electron chi connectivity index (χ2n) is 5.87. The Balaban J connectivity index is 1.53. The van der Waals surface area contributed by atoms with Crippen LogP contribution in [0.15, 0.2) is 22.9 Å². The lowest BCUT2D eigenvalue weighted by atomic mass is 10.2. The van der Waals surface area contributed by atoms with Crippen LogP contribution in [0.25, 0.3) is 11.4 Å². The van der Waals surface area contributed by atoms with Crippen molar-refractivity contribution >= 4 is 5.82 Å².